The Morgan fingerprint density at radius 2 is 1.96 bits per heavy atom. The van der Waals surface area contributed by atoms with Crippen molar-refractivity contribution in [3.63, 3.8) is 0 Å². The average molecular weight is 312 g/mol. The summed E-state index contributed by atoms with van der Waals surface area (Å²) in [6.45, 7) is 2.92. The zero-order chi connectivity index (χ0) is 16.2. The number of fused-ring (bicyclic) bond motifs is 1. The Morgan fingerprint density at radius 1 is 1.22 bits per heavy atom. The number of halogens is 1. The molecule has 2 aromatic carbocycles. The summed E-state index contributed by atoms with van der Waals surface area (Å²) in [5.74, 6) is -0.126. The number of anilines is 1. The van der Waals surface area contributed by atoms with Gasteiger partial charge in [0, 0.05) is 11.7 Å². The van der Waals surface area contributed by atoms with Crippen molar-refractivity contribution in [1.29, 1.82) is 0 Å². The quantitative estimate of drug-likeness (QED) is 0.861. The van der Waals surface area contributed by atoms with E-state index in [0.29, 0.717) is 18.5 Å². The fourth-order valence-corrected chi connectivity index (χ4v) is 3.15. The number of benzene rings is 2. The van der Waals surface area contributed by atoms with Gasteiger partial charge in [0.15, 0.2) is 0 Å². The van der Waals surface area contributed by atoms with E-state index in [0.717, 1.165) is 12.1 Å². The van der Waals surface area contributed by atoms with Gasteiger partial charge in [0.05, 0.1) is 6.54 Å². The maximum Gasteiger partial charge on any atom is 0.241 e. The van der Waals surface area contributed by atoms with Crippen LogP contribution >= 0.6 is 0 Å². The summed E-state index contributed by atoms with van der Waals surface area (Å²) in [5, 5.41) is 3.13. The molecule has 1 aliphatic heterocycles. The minimum atomic E-state index is -0.192. The smallest absolute Gasteiger partial charge is 0.241 e. The van der Waals surface area contributed by atoms with E-state index in [1.165, 1.54) is 11.6 Å². The largest absolute Gasteiger partial charge is 0.308 e. The number of amides is 1. The third-order valence-electron chi connectivity index (χ3n) is 4.28. The highest BCUT2D eigenvalue weighted by molar-refractivity contribution is 5.97. The highest BCUT2D eigenvalue weighted by Crippen LogP contribution is 2.31. The van der Waals surface area contributed by atoms with Crippen LogP contribution in [-0.2, 0) is 17.6 Å². The first-order valence-corrected chi connectivity index (χ1v) is 8.01. The molecule has 0 bridgehead atoms. The number of nitrogens with zero attached hydrogens (tertiary/aromatic N) is 1. The minimum Gasteiger partial charge on any atom is -0.308 e. The second kappa shape index (κ2) is 6.92. The lowest BCUT2D eigenvalue weighted by Crippen LogP contribution is -2.41. The molecule has 4 heteroatoms. The summed E-state index contributed by atoms with van der Waals surface area (Å²) < 4.78 is 13.5. The summed E-state index contributed by atoms with van der Waals surface area (Å²) in [4.78, 5) is 14.4. The Morgan fingerprint density at radius 3 is 2.78 bits per heavy atom. The van der Waals surface area contributed by atoms with Crippen molar-refractivity contribution in [3.8, 4) is 0 Å². The van der Waals surface area contributed by atoms with E-state index >= 15 is 0 Å². The number of hydrogen-bond donors (Lipinski definition) is 1. The normalized spacial score (nSPS) is 16.4. The van der Waals surface area contributed by atoms with E-state index < -0.39 is 0 Å². The van der Waals surface area contributed by atoms with Gasteiger partial charge in [-0.3, -0.25) is 4.79 Å². The van der Waals surface area contributed by atoms with Gasteiger partial charge in [0.2, 0.25) is 5.91 Å². The molecule has 120 valence electrons. The van der Waals surface area contributed by atoms with Crippen LogP contribution < -0.4 is 10.2 Å². The van der Waals surface area contributed by atoms with Crippen LogP contribution in [0.1, 0.15) is 18.1 Å². The number of para-hydroxylation sites is 1. The predicted molar refractivity (Wildman–Crippen MR) is 90.1 cm³/mol. The van der Waals surface area contributed by atoms with Gasteiger partial charge in [-0.2, -0.15) is 0 Å². The van der Waals surface area contributed by atoms with E-state index in [1.807, 2.05) is 29.2 Å². The molecule has 3 nitrogen and oxygen atoms in total. The van der Waals surface area contributed by atoms with E-state index in [9.17, 15) is 9.18 Å². The molecule has 1 aliphatic rings. The zero-order valence-corrected chi connectivity index (χ0v) is 13.3. The fourth-order valence-electron chi connectivity index (χ4n) is 3.15. The summed E-state index contributed by atoms with van der Waals surface area (Å²) in [5.41, 5.74) is 2.91. The molecule has 0 saturated heterocycles. The Hall–Kier alpha value is -2.20. The highest BCUT2D eigenvalue weighted by Gasteiger charge is 2.29. The van der Waals surface area contributed by atoms with E-state index in [1.54, 1.807) is 12.1 Å². The molecule has 0 aromatic heterocycles. The van der Waals surface area contributed by atoms with Gasteiger partial charge in [-0.05, 0) is 49.6 Å². The zero-order valence-electron chi connectivity index (χ0n) is 13.3. The van der Waals surface area contributed by atoms with Crippen LogP contribution in [0.5, 0.6) is 0 Å². The van der Waals surface area contributed by atoms with Crippen LogP contribution in [0, 0.1) is 5.82 Å². The SMILES string of the molecule is CC1Cc2ccccc2N1C(=O)CNCCc1ccccc1F. The first-order valence-electron chi connectivity index (χ1n) is 8.01. The molecular weight excluding hydrogens is 291 g/mol. The van der Waals surface area contributed by atoms with E-state index in [4.69, 9.17) is 0 Å². The lowest BCUT2D eigenvalue weighted by atomic mass is 10.1. The third kappa shape index (κ3) is 3.42. The minimum absolute atomic E-state index is 0.0657. The Bertz CT molecular complexity index is 701. The molecule has 0 spiro atoms. The number of rotatable bonds is 5. The topological polar surface area (TPSA) is 32.3 Å². The molecule has 0 aliphatic carbocycles. The van der Waals surface area contributed by atoms with Gasteiger partial charge < -0.3 is 10.2 Å². The number of nitrogens with one attached hydrogen (secondary N) is 1. The second-order valence-corrected chi connectivity index (χ2v) is 5.96. The van der Waals surface area contributed by atoms with Gasteiger partial charge in [-0.15, -0.1) is 0 Å². The van der Waals surface area contributed by atoms with Gasteiger partial charge >= 0.3 is 0 Å². The molecule has 3 rings (SSSR count). The predicted octanol–water partition coefficient (Wildman–Crippen LogP) is 2.94. The lowest BCUT2D eigenvalue weighted by Gasteiger charge is -2.23. The van der Waals surface area contributed by atoms with Crippen LogP contribution in [0.4, 0.5) is 10.1 Å². The van der Waals surface area contributed by atoms with Crippen molar-refractivity contribution in [3.05, 3.63) is 65.5 Å². The Labute approximate surface area is 136 Å². The molecule has 1 atom stereocenters. The van der Waals surface area contributed by atoms with Gasteiger partial charge in [-0.1, -0.05) is 36.4 Å². The number of carbonyl (C=O) groups is 1. The maximum atomic E-state index is 13.5. The molecule has 1 N–H and O–H groups in total. The van der Waals surface area contributed by atoms with Crippen LogP contribution in [0.3, 0.4) is 0 Å². The molecule has 0 radical (unpaired) electrons. The lowest BCUT2D eigenvalue weighted by molar-refractivity contribution is -0.118. The fraction of sp³-hybridized carbons (Fsp3) is 0.316. The monoisotopic (exact) mass is 312 g/mol. The van der Waals surface area contributed by atoms with Gasteiger partial charge in [0.25, 0.3) is 0 Å². The third-order valence-corrected chi connectivity index (χ3v) is 4.28. The molecule has 0 fully saturated rings. The van der Waals surface area contributed by atoms with Crippen LogP contribution in [0.2, 0.25) is 0 Å². The van der Waals surface area contributed by atoms with Crippen molar-refractivity contribution in [1.82, 2.24) is 5.32 Å². The molecule has 1 heterocycles. The Kier molecular flexibility index (Phi) is 4.72. The van der Waals surface area contributed by atoms with Crippen molar-refractivity contribution >= 4 is 11.6 Å². The molecular formula is C19H21FN2O. The summed E-state index contributed by atoms with van der Waals surface area (Å²) in [7, 11) is 0. The van der Waals surface area contributed by atoms with Crippen LogP contribution in [-0.4, -0.2) is 25.0 Å². The standard InChI is InChI=1S/C19H21FN2O/c1-14-12-16-7-3-5-9-18(16)22(14)19(23)13-21-11-10-15-6-2-4-8-17(15)20/h2-9,14,21H,10-13H2,1H3. The van der Waals surface area contributed by atoms with Gasteiger partial charge in [-0.25, -0.2) is 4.39 Å². The summed E-state index contributed by atoms with van der Waals surface area (Å²) in [6.07, 6.45) is 1.48. The molecule has 23 heavy (non-hydrogen) atoms. The van der Waals surface area contributed by atoms with Crippen molar-refractivity contribution in [2.45, 2.75) is 25.8 Å². The molecule has 2 aromatic rings. The van der Waals surface area contributed by atoms with E-state index in [-0.39, 0.29) is 24.3 Å². The Balaban J connectivity index is 1.53. The van der Waals surface area contributed by atoms with Gasteiger partial charge in [0.1, 0.15) is 5.82 Å². The number of hydrogen-bond acceptors (Lipinski definition) is 2. The van der Waals surface area contributed by atoms with E-state index in [2.05, 4.69) is 18.3 Å². The molecule has 1 unspecified atom stereocenters. The summed E-state index contributed by atoms with van der Waals surface area (Å²) in [6, 6.07) is 15.0. The highest BCUT2D eigenvalue weighted by atomic mass is 19.1. The average Bonchev–Trinajstić information content (AvgIpc) is 2.88. The first kappa shape index (κ1) is 15.7. The second-order valence-electron chi connectivity index (χ2n) is 5.96. The van der Waals surface area contributed by atoms with Crippen LogP contribution in [0.15, 0.2) is 48.5 Å². The van der Waals surface area contributed by atoms with Crippen molar-refractivity contribution in [2.75, 3.05) is 18.0 Å². The molecule has 0 saturated carbocycles. The maximum absolute atomic E-state index is 13.5. The van der Waals surface area contributed by atoms with Crippen molar-refractivity contribution in [2.24, 2.45) is 0 Å². The molecule has 1 amide bonds. The van der Waals surface area contributed by atoms with Crippen molar-refractivity contribution < 1.29 is 9.18 Å². The van der Waals surface area contributed by atoms with Crippen LogP contribution in [0.25, 0.3) is 0 Å². The first-order chi connectivity index (χ1) is 11.2. The number of carbonyl (C=O) groups excluding carboxylic acids is 1. The summed E-state index contributed by atoms with van der Waals surface area (Å²) >= 11 is 0.